The van der Waals surface area contributed by atoms with Gasteiger partial charge in [0.25, 0.3) is 0 Å². The van der Waals surface area contributed by atoms with Crippen LogP contribution in [0, 0.1) is 6.92 Å². The molecule has 2 aliphatic heterocycles. The van der Waals surface area contributed by atoms with Gasteiger partial charge in [-0.15, -0.1) is 10.2 Å². The Balaban J connectivity index is 1.42. The monoisotopic (exact) mass is 394 g/mol. The van der Waals surface area contributed by atoms with Gasteiger partial charge in [-0.25, -0.2) is 9.37 Å². The Bertz CT molecular complexity index is 1060. The van der Waals surface area contributed by atoms with Crippen molar-refractivity contribution in [1.29, 1.82) is 0 Å². The van der Waals surface area contributed by atoms with E-state index in [1.807, 2.05) is 24.9 Å². The Kier molecular flexibility index (Phi) is 4.31. The zero-order valence-corrected chi connectivity index (χ0v) is 16.4. The van der Waals surface area contributed by atoms with Gasteiger partial charge in [0, 0.05) is 36.4 Å². The number of piperidine rings is 1. The van der Waals surface area contributed by atoms with E-state index >= 15 is 0 Å². The molecule has 8 heteroatoms. The highest BCUT2D eigenvalue weighted by atomic mass is 19.1. The standard InChI is InChI=1S/C21H23FN6O/c1-11-5-12-7-18(29)15(6-13(12)9-23-11)21-24-10-19(26-27-21)28(2)17-8-14-3-4-16(25-14)20(17)22/h5-7,9-10,14,16-17,20,25,29H,3-4,8H2,1-2H3/t14?,16?,17-,20+/m1/s1. The van der Waals surface area contributed by atoms with E-state index in [1.54, 1.807) is 24.5 Å². The number of anilines is 1. The van der Waals surface area contributed by atoms with Crippen molar-refractivity contribution >= 4 is 16.6 Å². The first kappa shape index (κ1) is 18.2. The average molecular weight is 394 g/mol. The summed E-state index contributed by atoms with van der Waals surface area (Å²) in [5, 5.41) is 24.1. The molecule has 0 aliphatic carbocycles. The highest BCUT2D eigenvalue weighted by molar-refractivity contribution is 5.89. The van der Waals surface area contributed by atoms with Crippen LogP contribution in [0.5, 0.6) is 5.75 Å². The normalized spacial score (nSPS) is 26.0. The lowest BCUT2D eigenvalue weighted by Gasteiger charge is -2.38. The zero-order valence-electron chi connectivity index (χ0n) is 16.4. The first-order chi connectivity index (χ1) is 14.0. The quantitative estimate of drug-likeness (QED) is 0.706. The zero-order chi connectivity index (χ0) is 20.1. The molecule has 0 saturated carbocycles. The number of phenols is 1. The number of rotatable bonds is 3. The SMILES string of the molecule is Cc1cc2cc(O)c(-c3ncc(N(C)[C@@H]4CC5CCC(N5)[C@@H]4F)nn3)cc2cn1. The minimum absolute atomic E-state index is 0.0758. The van der Waals surface area contributed by atoms with Gasteiger partial charge in [0.1, 0.15) is 11.9 Å². The molecule has 0 radical (unpaired) electrons. The maximum Gasteiger partial charge on any atom is 0.185 e. The molecule has 2 unspecified atom stereocenters. The molecule has 7 nitrogen and oxygen atoms in total. The fourth-order valence-corrected chi connectivity index (χ4v) is 4.54. The molecule has 150 valence electrons. The number of benzene rings is 1. The van der Waals surface area contributed by atoms with Crippen molar-refractivity contribution in [1.82, 2.24) is 25.5 Å². The molecular formula is C21H23FN6O. The van der Waals surface area contributed by atoms with Gasteiger partial charge >= 0.3 is 0 Å². The summed E-state index contributed by atoms with van der Waals surface area (Å²) >= 11 is 0. The van der Waals surface area contributed by atoms with Crippen LogP contribution in [0.25, 0.3) is 22.2 Å². The third-order valence-electron chi connectivity index (χ3n) is 6.18. The fraction of sp³-hybridized carbons (Fsp3) is 0.429. The van der Waals surface area contributed by atoms with E-state index in [4.69, 9.17) is 0 Å². The number of hydrogen-bond acceptors (Lipinski definition) is 7. The molecule has 0 amide bonds. The van der Waals surface area contributed by atoms with Crippen LogP contribution in [0.15, 0.2) is 30.6 Å². The predicted octanol–water partition coefficient (Wildman–Crippen LogP) is 2.77. The molecule has 4 atom stereocenters. The largest absolute Gasteiger partial charge is 0.507 e. The number of pyridine rings is 1. The van der Waals surface area contributed by atoms with Gasteiger partial charge in [0.2, 0.25) is 0 Å². The molecule has 2 bridgehead atoms. The second-order valence-corrected chi connectivity index (χ2v) is 8.09. The second kappa shape index (κ2) is 6.88. The maximum atomic E-state index is 14.8. The van der Waals surface area contributed by atoms with Crippen molar-refractivity contribution < 1.29 is 9.50 Å². The summed E-state index contributed by atoms with van der Waals surface area (Å²) in [6.07, 6.45) is 5.06. The lowest BCUT2D eigenvalue weighted by molar-refractivity contribution is 0.176. The van der Waals surface area contributed by atoms with Crippen molar-refractivity contribution in [3.63, 3.8) is 0 Å². The number of aromatic hydroxyl groups is 1. The van der Waals surface area contributed by atoms with E-state index in [0.29, 0.717) is 23.2 Å². The highest BCUT2D eigenvalue weighted by Gasteiger charge is 2.43. The molecule has 29 heavy (non-hydrogen) atoms. The van der Waals surface area contributed by atoms with Crippen LogP contribution in [-0.2, 0) is 0 Å². The van der Waals surface area contributed by atoms with Crippen molar-refractivity contribution in [2.45, 2.75) is 50.5 Å². The molecule has 2 aliphatic rings. The third kappa shape index (κ3) is 3.17. The fourth-order valence-electron chi connectivity index (χ4n) is 4.54. The first-order valence-electron chi connectivity index (χ1n) is 9.92. The minimum Gasteiger partial charge on any atom is -0.507 e. The van der Waals surface area contributed by atoms with E-state index in [1.165, 1.54) is 0 Å². The van der Waals surface area contributed by atoms with Gasteiger partial charge in [0.15, 0.2) is 11.6 Å². The van der Waals surface area contributed by atoms with E-state index in [-0.39, 0.29) is 17.8 Å². The Labute approximate surface area is 168 Å². The maximum absolute atomic E-state index is 14.8. The molecule has 5 rings (SSSR count). The highest BCUT2D eigenvalue weighted by Crippen LogP contribution is 2.34. The molecule has 2 saturated heterocycles. The predicted molar refractivity (Wildman–Crippen MR) is 109 cm³/mol. The van der Waals surface area contributed by atoms with E-state index in [9.17, 15) is 9.50 Å². The molecular weight excluding hydrogens is 371 g/mol. The molecule has 3 aromatic rings. The summed E-state index contributed by atoms with van der Waals surface area (Å²) in [6.45, 7) is 1.91. The number of hydrogen-bond donors (Lipinski definition) is 2. The van der Waals surface area contributed by atoms with Crippen molar-refractivity contribution in [3.8, 4) is 17.1 Å². The molecule has 2 aromatic heterocycles. The number of nitrogens with zero attached hydrogens (tertiary/aromatic N) is 5. The number of halogens is 1. The van der Waals surface area contributed by atoms with Crippen LogP contribution in [0.1, 0.15) is 25.0 Å². The summed E-state index contributed by atoms with van der Waals surface area (Å²) in [6, 6.07) is 5.45. The smallest absolute Gasteiger partial charge is 0.185 e. The summed E-state index contributed by atoms with van der Waals surface area (Å²) in [5.74, 6) is 0.939. The number of fused-ring (bicyclic) bond motifs is 3. The Morgan fingerprint density at radius 3 is 2.76 bits per heavy atom. The number of nitrogens with one attached hydrogen (secondary N) is 1. The molecule has 2 fully saturated rings. The van der Waals surface area contributed by atoms with Crippen LogP contribution >= 0.6 is 0 Å². The number of aryl methyl sites for hydroxylation is 1. The number of aromatic nitrogens is 4. The lowest BCUT2D eigenvalue weighted by atomic mass is 9.96. The summed E-state index contributed by atoms with van der Waals surface area (Å²) in [5.41, 5.74) is 1.38. The Hall–Kier alpha value is -2.87. The van der Waals surface area contributed by atoms with Crippen molar-refractivity contribution in [2.75, 3.05) is 11.9 Å². The van der Waals surface area contributed by atoms with Gasteiger partial charge in [0.05, 0.1) is 17.8 Å². The molecule has 4 heterocycles. The lowest BCUT2D eigenvalue weighted by Crippen LogP contribution is -2.55. The summed E-state index contributed by atoms with van der Waals surface area (Å²) in [4.78, 5) is 10.5. The second-order valence-electron chi connectivity index (χ2n) is 8.09. The third-order valence-corrected chi connectivity index (χ3v) is 6.18. The van der Waals surface area contributed by atoms with Gasteiger partial charge in [-0.3, -0.25) is 4.98 Å². The van der Waals surface area contributed by atoms with Crippen LogP contribution in [0.2, 0.25) is 0 Å². The minimum atomic E-state index is -0.944. The Morgan fingerprint density at radius 1 is 1.10 bits per heavy atom. The topological polar surface area (TPSA) is 87.1 Å². The van der Waals surface area contributed by atoms with Gasteiger partial charge in [-0.05, 0) is 49.8 Å². The number of phenolic OH excluding ortho intramolecular Hbond substituents is 1. The number of alkyl halides is 1. The Morgan fingerprint density at radius 2 is 1.97 bits per heavy atom. The summed E-state index contributed by atoms with van der Waals surface area (Å²) in [7, 11) is 1.84. The average Bonchev–Trinajstić information content (AvgIpc) is 3.13. The van der Waals surface area contributed by atoms with E-state index in [2.05, 4.69) is 25.5 Å². The summed E-state index contributed by atoms with van der Waals surface area (Å²) < 4.78 is 14.8. The van der Waals surface area contributed by atoms with Crippen LogP contribution in [0.4, 0.5) is 10.2 Å². The van der Waals surface area contributed by atoms with Gasteiger partial charge < -0.3 is 15.3 Å². The van der Waals surface area contributed by atoms with Crippen LogP contribution in [0.3, 0.4) is 0 Å². The van der Waals surface area contributed by atoms with Crippen LogP contribution < -0.4 is 10.2 Å². The van der Waals surface area contributed by atoms with E-state index in [0.717, 1.165) is 35.7 Å². The van der Waals surface area contributed by atoms with Crippen molar-refractivity contribution in [2.24, 2.45) is 0 Å². The molecule has 1 aromatic carbocycles. The molecule has 2 N–H and O–H groups in total. The van der Waals surface area contributed by atoms with Crippen LogP contribution in [-0.4, -0.2) is 56.6 Å². The van der Waals surface area contributed by atoms with E-state index < -0.39 is 6.17 Å². The van der Waals surface area contributed by atoms with Gasteiger partial charge in [-0.1, -0.05) is 0 Å². The van der Waals surface area contributed by atoms with Crippen molar-refractivity contribution in [3.05, 3.63) is 36.3 Å². The van der Waals surface area contributed by atoms with Gasteiger partial charge in [-0.2, -0.15) is 0 Å². The molecule has 0 spiro atoms. The first-order valence-corrected chi connectivity index (χ1v) is 9.92.